The Labute approximate surface area is 179 Å². The molecular weight excluding hydrogens is 398 g/mol. The van der Waals surface area contributed by atoms with E-state index in [0.29, 0.717) is 48.2 Å². The van der Waals surface area contributed by atoms with Crippen LogP contribution in [0.1, 0.15) is 35.7 Å². The van der Waals surface area contributed by atoms with Crippen LogP contribution in [0.25, 0.3) is 22.3 Å². The Morgan fingerprint density at radius 2 is 1.97 bits per heavy atom. The molecule has 4 rings (SSSR count). The fourth-order valence-electron chi connectivity index (χ4n) is 4.32. The summed E-state index contributed by atoms with van der Waals surface area (Å²) in [7, 11) is 0. The highest BCUT2D eigenvalue weighted by atomic mass is 16.5. The number of phenols is 1. The van der Waals surface area contributed by atoms with Crippen molar-refractivity contribution in [3.63, 3.8) is 0 Å². The monoisotopic (exact) mass is 423 g/mol. The summed E-state index contributed by atoms with van der Waals surface area (Å²) in [6.45, 7) is 3.10. The first-order valence-electron chi connectivity index (χ1n) is 10.5. The van der Waals surface area contributed by atoms with Crippen molar-refractivity contribution < 1.29 is 29.0 Å². The van der Waals surface area contributed by atoms with Crippen molar-refractivity contribution >= 4 is 22.9 Å². The maximum absolute atomic E-state index is 12.9. The first-order chi connectivity index (χ1) is 15.0. The van der Waals surface area contributed by atoms with Gasteiger partial charge in [-0.05, 0) is 44.9 Å². The number of aliphatic carboxylic acids is 1. The van der Waals surface area contributed by atoms with Crippen LogP contribution < -0.4 is 0 Å². The van der Waals surface area contributed by atoms with Crippen LogP contribution >= 0.6 is 0 Å². The van der Waals surface area contributed by atoms with E-state index in [4.69, 9.17) is 9.15 Å². The lowest BCUT2D eigenvalue weighted by Gasteiger charge is -2.21. The highest BCUT2D eigenvalue weighted by molar-refractivity contribution is 6.10. The van der Waals surface area contributed by atoms with Gasteiger partial charge in [0.2, 0.25) is 0 Å². The molecule has 1 fully saturated rings. The topological polar surface area (TPSA) is 100 Å². The Bertz CT molecular complexity index is 1100. The van der Waals surface area contributed by atoms with Crippen LogP contribution in [-0.2, 0) is 16.0 Å². The maximum Gasteiger partial charge on any atom is 0.342 e. The van der Waals surface area contributed by atoms with E-state index in [1.165, 1.54) is 0 Å². The largest absolute Gasteiger partial charge is 0.508 e. The van der Waals surface area contributed by atoms with Crippen molar-refractivity contribution in [3.8, 4) is 17.1 Å². The van der Waals surface area contributed by atoms with E-state index in [9.17, 15) is 19.8 Å². The number of carbonyl (C=O) groups excluding carboxylic acids is 1. The number of ether oxygens (including phenoxy) is 1. The minimum absolute atomic E-state index is 0.0459. The van der Waals surface area contributed by atoms with Gasteiger partial charge in [-0.25, -0.2) is 4.79 Å². The summed E-state index contributed by atoms with van der Waals surface area (Å²) in [6.07, 6.45) is 1.82. The molecule has 0 aliphatic carbocycles. The summed E-state index contributed by atoms with van der Waals surface area (Å²) in [4.78, 5) is 26.3. The number of hydrogen-bond donors (Lipinski definition) is 2. The number of benzene rings is 2. The van der Waals surface area contributed by atoms with E-state index in [2.05, 4.69) is 0 Å². The van der Waals surface area contributed by atoms with Gasteiger partial charge >= 0.3 is 11.9 Å². The number of carbonyl (C=O) groups is 2. The van der Waals surface area contributed by atoms with Gasteiger partial charge < -0.3 is 19.4 Å². The molecule has 1 aliphatic rings. The summed E-state index contributed by atoms with van der Waals surface area (Å²) in [5.41, 5.74) is 2.05. The van der Waals surface area contributed by atoms with Gasteiger partial charge in [-0.2, -0.15) is 0 Å². The van der Waals surface area contributed by atoms with Crippen molar-refractivity contribution in [2.24, 2.45) is 0 Å². The SMILES string of the molecule is CCOC(=O)c1c(-c2ccccc2)oc2ccc(O)c(CCN3CCCC3C(=O)O)c12. The average molecular weight is 423 g/mol. The Morgan fingerprint density at radius 3 is 2.68 bits per heavy atom. The number of nitrogens with zero attached hydrogens (tertiary/aromatic N) is 1. The number of carboxylic acid groups (broad SMARTS) is 1. The predicted octanol–water partition coefficient (Wildman–Crippen LogP) is 4.07. The minimum Gasteiger partial charge on any atom is -0.508 e. The number of esters is 1. The third kappa shape index (κ3) is 4.01. The number of phenolic OH excluding ortho intramolecular Hbond substituents is 1. The molecule has 0 amide bonds. The Morgan fingerprint density at radius 1 is 1.19 bits per heavy atom. The number of likely N-dealkylation sites (tertiary alicyclic amines) is 1. The maximum atomic E-state index is 12.9. The lowest BCUT2D eigenvalue weighted by molar-refractivity contribution is -0.142. The lowest BCUT2D eigenvalue weighted by atomic mass is 9.99. The second-order valence-corrected chi connectivity index (χ2v) is 7.61. The summed E-state index contributed by atoms with van der Waals surface area (Å²) >= 11 is 0. The zero-order chi connectivity index (χ0) is 22.0. The third-order valence-corrected chi connectivity index (χ3v) is 5.75. The number of hydrogen-bond acceptors (Lipinski definition) is 6. The summed E-state index contributed by atoms with van der Waals surface area (Å²) in [5.74, 6) is -0.909. The zero-order valence-corrected chi connectivity index (χ0v) is 17.3. The van der Waals surface area contributed by atoms with Gasteiger partial charge in [0, 0.05) is 23.1 Å². The van der Waals surface area contributed by atoms with E-state index in [1.807, 2.05) is 35.2 Å². The minimum atomic E-state index is -0.832. The smallest absolute Gasteiger partial charge is 0.342 e. The van der Waals surface area contributed by atoms with Crippen LogP contribution in [0.15, 0.2) is 46.9 Å². The predicted molar refractivity (Wildman–Crippen MR) is 115 cm³/mol. The van der Waals surface area contributed by atoms with E-state index < -0.39 is 18.0 Å². The molecule has 2 aromatic carbocycles. The first-order valence-corrected chi connectivity index (χ1v) is 10.5. The first kappa shape index (κ1) is 20.9. The standard InChI is InChI=1S/C24H25NO6/c1-2-30-24(29)21-20-16(12-14-25-13-6-9-17(25)23(27)28)18(26)10-11-19(20)31-22(21)15-7-4-3-5-8-15/h3-5,7-8,10-11,17,26H,2,6,9,12-14H2,1H3,(H,27,28). The van der Waals surface area contributed by atoms with Gasteiger partial charge in [0.05, 0.1) is 6.61 Å². The van der Waals surface area contributed by atoms with Crippen LogP contribution in [0.5, 0.6) is 5.75 Å². The van der Waals surface area contributed by atoms with Crippen LogP contribution in [0, 0.1) is 0 Å². The van der Waals surface area contributed by atoms with Crippen LogP contribution in [0.3, 0.4) is 0 Å². The molecule has 7 nitrogen and oxygen atoms in total. The van der Waals surface area contributed by atoms with Crippen molar-refractivity contribution in [1.29, 1.82) is 0 Å². The molecule has 1 unspecified atom stereocenters. The average Bonchev–Trinajstić information content (AvgIpc) is 3.39. The third-order valence-electron chi connectivity index (χ3n) is 5.75. The van der Waals surface area contributed by atoms with Crippen LogP contribution in [0.2, 0.25) is 0 Å². The number of rotatable bonds is 7. The molecule has 162 valence electrons. The molecule has 1 aromatic heterocycles. The normalized spacial score (nSPS) is 16.6. The highest BCUT2D eigenvalue weighted by Gasteiger charge is 2.31. The van der Waals surface area contributed by atoms with Crippen molar-refractivity contribution in [3.05, 3.63) is 53.6 Å². The molecule has 0 spiro atoms. The molecule has 0 radical (unpaired) electrons. The Kier molecular flexibility index (Phi) is 5.95. The lowest BCUT2D eigenvalue weighted by Crippen LogP contribution is -2.37. The number of furan rings is 1. The van der Waals surface area contributed by atoms with Crippen molar-refractivity contribution in [2.75, 3.05) is 19.7 Å². The van der Waals surface area contributed by atoms with E-state index in [-0.39, 0.29) is 17.9 Å². The molecule has 0 saturated carbocycles. The molecule has 7 heteroatoms. The van der Waals surface area contributed by atoms with E-state index in [0.717, 1.165) is 12.0 Å². The molecule has 1 saturated heterocycles. The van der Waals surface area contributed by atoms with Crippen LogP contribution in [0.4, 0.5) is 0 Å². The second-order valence-electron chi connectivity index (χ2n) is 7.61. The van der Waals surface area contributed by atoms with Gasteiger partial charge in [0.25, 0.3) is 0 Å². The van der Waals surface area contributed by atoms with Crippen molar-refractivity contribution in [2.45, 2.75) is 32.2 Å². The number of carboxylic acids is 1. The summed E-state index contributed by atoms with van der Waals surface area (Å²) < 4.78 is 11.4. The highest BCUT2D eigenvalue weighted by Crippen LogP contribution is 2.39. The Balaban J connectivity index is 1.80. The van der Waals surface area contributed by atoms with Crippen LogP contribution in [-0.4, -0.2) is 52.8 Å². The fourth-order valence-corrected chi connectivity index (χ4v) is 4.32. The molecule has 2 heterocycles. The Hall–Kier alpha value is -3.32. The van der Waals surface area contributed by atoms with E-state index >= 15 is 0 Å². The van der Waals surface area contributed by atoms with Crippen molar-refractivity contribution in [1.82, 2.24) is 4.90 Å². The second kappa shape index (κ2) is 8.81. The fraction of sp³-hybridized carbons (Fsp3) is 0.333. The molecule has 1 atom stereocenters. The number of fused-ring (bicyclic) bond motifs is 1. The quantitative estimate of drug-likeness (QED) is 0.553. The zero-order valence-electron chi connectivity index (χ0n) is 17.3. The van der Waals surface area contributed by atoms with Gasteiger partial charge in [-0.15, -0.1) is 0 Å². The number of aromatic hydroxyl groups is 1. The molecule has 3 aromatic rings. The van der Waals surface area contributed by atoms with Gasteiger partial charge in [-0.3, -0.25) is 9.69 Å². The summed E-state index contributed by atoms with van der Waals surface area (Å²) in [5, 5.41) is 20.6. The molecule has 0 bridgehead atoms. The van der Waals surface area contributed by atoms with E-state index in [1.54, 1.807) is 19.1 Å². The molecule has 1 aliphatic heterocycles. The van der Waals surface area contributed by atoms with Gasteiger partial charge in [0.1, 0.15) is 28.7 Å². The van der Waals surface area contributed by atoms with Gasteiger partial charge in [0.15, 0.2) is 0 Å². The molecule has 2 N–H and O–H groups in total. The van der Waals surface area contributed by atoms with Gasteiger partial charge in [-0.1, -0.05) is 30.3 Å². The summed E-state index contributed by atoms with van der Waals surface area (Å²) in [6, 6.07) is 12.0. The molecular formula is C24H25NO6. The molecule has 31 heavy (non-hydrogen) atoms.